The maximum Gasteiger partial charge on any atom is 0.338 e. The van der Waals surface area contributed by atoms with Gasteiger partial charge in [0, 0.05) is 10.7 Å². The molecule has 3 amide bonds. The average molecular weight is 524 g/mol. The Labute approximate surface area is 211 Å². The number of imide groups is 1. The van der Waals surface area contributed by atoms with Crippen LogP contribution in [0.4, 0.5) is 11.4 Å². The summed E-state index contributed by atoms with van der Waals surface area (Å²) in [5.41, 5.74) is 1.57. The summed E-state index contributed by atoms with van der Waals surface area (Å²) in [6.45, 7) is 1.24. The van der Waals surface area contributed by atoms with Crippen LogP contribution in [0.1, 0.15) is 28.8 Å². The molecule has 1 heterocycles. The van der Waals surface area contributed by atoms with Crippen LogP contribution in [0, 0.1) is 18.8 Å². The summed E-state index contributed by atoms with van der Waals surface area (Å²) >= 11 is 18.5. The van der Waals surface area contributed by atoms with Crippen LogP contribution in [0.2, 0.25) is 5.02 Å². The standard InChI is InChI=1S/C24H21Cl3N2O5/c1-12-17(25)6-3-7-20(12)28-21(30)11-34-24(33)13-4-2-5-14(8-13)29-22(31)15-9-18(26)19(27)10-16(15)23(29)32/h2-8,15-16,18-19H,9-11H2,1H3,(H,28,30)/t15-,16-,18+,19+/m1/s1. The zero-order valence-corrected chi connectivity index (χ0v) is 20.4. The quantitative estimate of drug-likeness (QED) is 0.352. The fraction of sp³-hybridized carbons (Fsp3) is 0.333. The van der Waals surface area contributed by atoms with Crippen molar-refractivity contribution < 1.29 is 23.9 Å². The second kappa shape index (κ2) is 9.94. The summed E-state index contributed by atoms with van der Waals surface area (Å²) in [5, 5.41) is 2.37. The number of amides is 3. The fourth-order valence-electron chi connectivity index (χ4n) is 4.27. The van der Waals surface area contributed by atoms with Crippen molar-refractivity contribution in [3.8, 4) is 0 Å². The highest BCUT2D eigenvalue weighted by Gasteiger charge is 2.52. The van der Waals surface area contributed by atoms with E-state index in [-0.39, 0.29) is 33.8 Å². The van der Waals surface area contributed by atoms with Gasteiger partial charge in [-0.15, -0.1) is 23.2 Å². The average Bonchev–Trinajstić information content (AvgIpc) is 3.05. The number of benzene rings is 2. The lowest BCUT2D eigenvalue weighted by Crippen LogP contribution is -2.34. The van der Waals surface area contributed by atoms with E-state index in [1.807, 2.05) is 0 Å². The number of carbonyl (C=O) groups is 4. The minimum atomic E-state index is -0.766. The van der Waals surface area contributed by atoms with Crippen LogP contribution in [0.15, 0.2) is 42.5 Å². The van der Waals surface area contributed by atoms with Gasteiger partial charge < -0.3 is 10.1 Å². The predicted octanol–water partition coefficient (Wildman–Crippen LogP) is 4.56. The van der Waals surface area contributed by atoms with E-state index in [2.05, 4.69) is 5.32 Å². The van der Waals surface area contributed by atoms with Crippen LogP contribution in [-0.4, -0.2) is 41.1 Å². The van der Waals surface area contributed by atoms with Gasteiger partial charge in [0.05, 0.1) is 33.8 Å². The van der Waals surface area contributed by atoms with Crippen molar-refractivity contribution in [3.05, 3.63) is 58.6 Å². The van der Waals surface area contributed by atoms with Crippen molar-refractivity contribution in [3.63, 3.8) is 0 Å². The molecule has 2 fully saturated rings. The monoisotopic (exact) mass is 522 g/mol. The van der Waals surface area contributed by atoms with E-state index in [0.29, 0.717) is 29.1 Å². The molecule has 1 aliphatic heterocycles. The Morgan fingerprint density at radius 1 is 1.03 bits per heavy atom. The molecule has 4 rings (SSSR count). The van der Waals surface area contributed by atoms with Gasteiger partial charge in [-0.1, -0.05) is 23.7 Å². The minimum absolute atomic E-state index is 0.102. The van der Waals surface area contributed by atoms with E-state index in [4.69, 9.17) is 39.5 Å². The van der Waals surface area contributed by atoms with Crippen LogP contribution >= 0.6 is 34.8 Å². The third-order valence-corrected chi connectivity index (χ3v) is 7.63. The summed E-state index contributed by atoms with van der Waals surface area (Å²) in [6, 6.07) is 11.1. The van der Waals surface area contributed by atoms with E-state index >= 15 is 0 Å². The molecular formula is C24H21Cl3N2O5. The molecule has 1 saturated heterocycles. The van der Waals surface area contributed by atoms with Crippen molar-refractivity contribution in [2.24, 2.45) is 11.8 Å². The lowest BCUT2D eigenvalue weighted by molar-refractivity contribution is -0.122. The van der Waals surface area contributed by atoms with Gasteiger partial charge in [-0.3, -0.25) is 19.3 Å². The third-order valence-electron chi connectivity index (χ3n) is 6.13. The molecule has 0 radical (unpaired) electrons. The first kappa shape index (κ1) is 24.5. The highest BCUT2D eigenvalue weighted by Crippen LogP contribution is 2.43. The number of anilines is 2. The molecule has 1 aliphatic carbocycles. The minimum Gasteiger partial charge on any atom is -0.452 e. The molecule has 0 aromatic heterocycles. The predicted molar refractivity (Wildman–Crippen MR) is 130 cm³/mol. The van der Waals surface area contributed by atoms with Gasteiger partial charge in [0.1, 0.15) is 0 Å². The first-order valence-electron chi connectivity index (χ1n) is 10.7. The van der Waals surface area contributed by atoms with Crippen molar-refractivity contribution in [1.82, 2.24) is 0 Å². The van der Waals surface area contributed by atoms with Gasteiger partial charge in [-0.05, 0) is 55.7 Å². The Kier molecular flexibility index (Phi) is 7.17. The molecule has 0 spiro atoms. The number of halogens is 3. The van der Waals surface area contributed by atoms with E-state index in [0.717, 1.165) is 4.90 Å². The number of fused-ring (bicyclic) bond motifs is 1. The molecule has 1 N–H and O–H groups in total. The molecule has 0 unspecified atom stereocenters. The lowest BCUT2D eigenvalue weighted by Gasteiger charge is -2.28. The number of carbonyl (C=O) groups excluding carboxylic acids is 4. The van der Waals surface area contributed by atoms with Crippen LogP contribution in [-0.2, 0) is 19.1 Å². The lowest BCUT2D eigenvalue weighted by atomic mass is 9.80. The summed E-state index contributed by atoms with van der Waals surface area (Å²) in [4.78, 5) is 51.7. The number of rotatable bonds is 5. The summed E-state index contributed by atoms with van der Waals surface area (Å²) in [6.07, 6.45) is 0.648. The largest absolute Gasteiger partial charge is 0.452 e. The molecule has 10 heteroatoms. The van der Waals surface area contributed by atoms with Gasteiger partial charge >= 0.3 is 5.97 Å². The maximum absolute atomic E-state index is 12.9. The molecule has 1 saturated carbocycles. The fourth-order valence-corrected chi connectivity index (χ4v) is 5.03. The number of nitrogens with zero attached hydrogens (tertiary/aromatic N) is 1. The maximum atomic E-state index is 12.9. The smallest absolute Gasteiger partial charge is 0.338 e. The number of hydrogen-bond donors (Lipinski definition) is 1. The molecule has 2 aromatic rings. The Morgan fingerprint density at radius 2 is 1.65 bits per heavy atom. The molecule has 2 aromatic carbocycles. The molecule has 34 heavy (non-hydrogen) atoms. The Morgan fingerprint density at radius 3 is 2.29 bits per heavy atom. The molecule has 2 aliphatic rings. The zero-order valence-electron chi connectivity index (χ0n) is 18.1. The van der Waals surface area contributed by atoms with Crippen LogP contribution in [0.5, 0.6) is 0 Å². The first-order chi connectivity index (χ1) is 16.2. The van der Waals surface area contributed by atoms with Crippen molar-refractivity contribution in [2.75, 3.05) is 16.8 Å². The van der Waals surface area contributed by atoms with Gasteiger partial charge in [0.15, 0.2) is 6.61 Å². The van der Waals surface area contributed by atoms with Crippen molar-refractivity contribution in [2.45, 2.75) is 30.5 Å². The Bertz CT molecular complexity index is 1140. The summed E-state index contributed by atoms with van der Waals surface area (Å²) < 4.78 is 5.12. The van der Waals surface area contributed by atoms with Gasteiger partial charge in [0.2, 0.25) is 11.8 Å². The third kappa shape index (κ3) is 4.78. The summed E-state index contributed by atoms with van der Waals surface area (Å²) in [5.74, 6) is -3.07. The zero-order chi connectivity index (χ0) is 24.6. The van der Waals surface area contributed by atoms with Gasteiger partial charge in [0.25, 0.3) is 5.91 Å². The molecular weight excluding hydrogens is 503 g/mol. The number of nitrogens with one attached hydrogen (secondary N) is 1. The van der Waals surface area contributed by atoms with Crippen LogP contribution in [0.25, 0.3) is 0 Å². The Balaban J connectivity index is 1.42. The van der Waals surface area contributed by atoms with E-state index in [9.17, 15) is 19.2 Å². The SMILES string of the molecule is Cc1c(Cl)cccc1NC(=O)COC(=O)c1cccc(N2C(=O)[C@@H]3C[C@H](Cl)[C@@H](Cl)C[C@H]3C2=O)c1. The topological polar surface area (TPSA) is 92.8 Å². The Hall–Kier alpha value is -2.61. The normalized spacial score (nSPS) is 24.1. The molecule has 4 atom stereocenters. The van der Waals surface area contributed by atoms with Crippen LogP contribution in [0.3, 0.4) is 0 Å². The van der Waals surface area contributed by atoms with E-state index in [1.165, 1.54) is 12.1 Å². The van der Waals surface area contributed by atoms with E-state index < -0.39 is 30.3 Å². The van der Waals surface area contributed by atoms with Crippen molar-refractivity contribution >= 4 is 69.9 Å². The summed E-state index contributed by atoms with van der Waals surface area (Å²) in [7, 11) is 0. The molecule has 7 nitrogen and oxygen atoms in total. The van der Waals surface area contributed by atoms with Gasteiger partial charge in [-0.2, -0.15) is 0 Å². The number of hydrogen-bond acceptors (Lipinski definition) is 5. The van der Waals surface area contributed by atoms with Crippen molar-refractivity contribution in [1.29, 1.82) is 0 Å². The molecule has 0 bridgehead atoms. The second-order valence-electron chi connectivity index (χ2n) is 8.32. The van der Waals surface area contributed by atoms with Crippen LogP contribution < -0.4 is 10.2 Å². The van der Waals surface area contributed by atoms with Gasteiger partial charge in [-0.25, -0.2) is 4.79 Å². The highest BCUT2D eigenvalue weighted by atomic mass is 35.5. The molecule has 178 valence electrons. The number of esters is 1. The van der Waals surface area contributed by atoms with E-state index in [1.54, 1.807) is 37.3 Å². The number of alkyl halides is 2. The second-order valence-corrected chi connectivity index (χ2v) is 9.84. The highest BCUT2D eigenvalue weighted by molar-refractivity contribution is 6.32. The number of ether oxygens (including phenoxy) is 1. The first-order valence-corrected chi connectivity index (χ1v) is 11.9.